The lowest BCUT2D eigenvalue weighted by molar-refractivity contribution is 0.606. The van der Waals surface area contributed by atoms with Gasteiger partial charge in [-0.2, -0.15) is 5.10 Å². The number of nitrogens with one attached hydrogen (secondary N) is 1. The van der Waals surface area contributed by atoms with Crippen LogP contribution in [-0.2, 0) is 10.0 Å². The molecule has 0 spiro atoms. The van der Waals surface area contributed by atoms with Gasteiger partial charge in [0.05, 0.1) is 30.0 Å². The summed E-state index contributed by atoms with van der Waals surface area (Å²) in [5.41, 5.74) is 2.03. The van der Waals surface area contributed by atoms with E-state index in [4.69, 9.17) is 0 Å². The van der Waals surface area contributed by atoms with E-state index < -0.39 is 10.0 Å². The number of aromatic nitrogens is 3. The second-order valence-corrected chi connectivity index (χ2v) is 5.48. The summed E-state index contributed by atoms with van der Waals surface area (Å²) in [6.07, 6.45) is 7.64. The molecule has 0 atom stereocenters. The highest BCUT2D eigenvalue weighted by molar-refractivity contribution is 7.92. The molecule has 0 aliphatic heterocycles. The molecular weight excluding hydrogens is 240 g/mol. The Labute approximate surface area is 99.4 Å². The van der Waals surface area contributed by atoms with Gasteiger partial charge >= 0.3 is 0 Å². The van der Waals surface area contributed by atoms with Gasteiger partial charge in [0.15, 0.2) is 0 Å². The average Bonchev–Trinajstić information content (AvgIpc) is 2.63. The summed E-state index contributed by atoms with van der Waals surface area (Å²) >= 11 is 0. The third kappa shape index (κ3) is 2.82. The molecule has 0 amide bonds. The van der Waals surface area contributed by atoms with Crippen molar-refractivity contribution in [3.05, 3.63) is 36.4 Å². The first-order valence-corrected chi connectivity index (χ1v) is 6.78. The molecule has 1 N–H and O–H groups in total. The van der Waals surface area contributed by atoms with Gasteiger partial charge in [-0.25, -0.2) is 13.1 Å². The molecule has 6 nitrogen and oxygen atoms in total. The molecule has 90 valence electrons. The fourth-order valence-corrected chi connectivity index (χ4v) is 1.97. The maximum Gasteiger partial charge on any atom is 0.229 e. The lowest BCUT2D eigenvalue weighted by atomic mass is 10.3. The molecule has 0 fully saturated rings. The minimum absolute atomic E-state index is 0.401. The third-order valence-corrected chi connectivity index (χ3v) is 2.64. The molecule has 0 radical (unpaired) electrons. The summed E-state index contributed by atoms with van der Waals surface area (Å²) in [4.78, 5) is 3.89. The highest BCUT2D eigenvalue weighted by Gasteiger charge is 2.09. The summed E-state index contributed by atoms with van der Waals surface area (Å²) in [5, 5.41) is 4.13. The quantitative estimate of drug-likeness (QED) is 0.882. The summed E-state index contributed by atoms with van der Waals surface area (Å²) in [7, 11) is -3.33. The van der Waals surface area contributed by atoms with Gasteiger partial charge in [-0.15, -0.1) is 0 Å². The van der Waals surface area contributed by atoms with E-state index in [0.717, 1.165) is 11.8 Å². The number of rotatable bonds is 3. The Bertz CT molecular complexity index is 633. The molecule has 0 saturated heterocycles. The van der Waals surface area contributed by atoms with Crippen molar-refractivity contribution in [2.45, 2.75) is 6.92 Å². The van der Waals surface area contributed by atoms with Crippen LogP contribution < -0.4 is 4.72 Å². The van der Waals surface area contributed by atoms with Crippen LogP contribution in [0.2, 0.25) is 0 Å². The summed E-state index contributed by atoms with van der Waals surface area (Å²) in [5.74, 6) is 0. The van der Waals surface area contributed by atoms with Crippen LogP contribution in [-0.4, -0.2) is 29.4 Å². The summed E-state index contributed by atoms with van der Waals surface area (Å²) in [6, 6.07) is 1.69. The smallest absolute Gasteiger partial charge is 0.229 e. The first kappa shape index (κ1) is 11.6. The largest absolute Gasteiger partial charge is 0.280 e. The standard InChI is InChI=1S/C10H12N4O2S/c1-8-5-12-14(7-8)10-3-4-11-6-9(10)13-17(2,15)16/h3-7,13H,1-2H3. The highest BCUT2D eigenvalue weighted by Crippen LogP contribution is 2.19. The van der Waals surface area contributed by atoms with Gasteiger partial charge in [-0.05, 0) is 18.6 Å². The Kier molecular flexibility index (Phi) is 2.84. The number of sulfonamides is 1. The SMILES string of the molecule is Cc1cnn(-c2ccncc2NS(C)(=O)=O)c1. The first-order chi connectivity index (χ1) is 7.96. The molecule has 0 unspecified atom stereocenters. The van der Waals surface area contributed by atoms with Crippen LogP contribution in [0.4, 0.5) is 5.69 Å². The summed E-state index contributed by atoms with van der Waals surface area (Å²) in [6.45, 7) is 1.91. The lowest BCUT2D eigenvalue weighted by Crippen LogP contribution is -2.12. The van der Waals surface area contributed by atoms with E-state index in [2.05, 4.69) is 14.8 Å². The number of pyridine rings is 1. The van der Waals surface area contributed by atoms with E-state index in [9.17, 15) is 8.42 Å². The van der Waals surface area contributed by atoms with E-state index in [-0.39, 0.29) is 0 Å². The number of nitrogens with zero attached hydrogens (tertiary/aromatic N) is 3. The van der Waals surface area contributed by atoms with Crippen LogP contribution in [0.5, 0.6) is 0 Å². The molecule has 7 heteroatoms. The molecular formula is C10H12N4O2S. The van der Waals surface area contributed by atoms with Crippen molar-refractivity contribution in [3.63, 3.8) is 0 Å². The van der Waals surface area contributed by atoms with Crippen molar-refractivity contribution in [2.75, 3.05) is 11.0 Å². The van der Waals surface area contributed by atoms with E-state index >= 15 is 0 Å². The molecule has 0 aromatic carbocycles. The van der Waals surface area contributed by atoms with Gasteiger partial charge in [0.1, 0.15) is 0 Å². The normalized spacial score (nSPS) is 11.4. The fraction of sp³-hybridized carbons (Fsp3) is 0.200. The third-order valence-electron chi connectivity index (χ3n) is 2.05. The van der Waals surface area contributed by atoms with Crippen molar-refractivity contribution in [1.29, 1.82) is 0 Å². The van der Waals surface area contributed by atoms with Crippen molar-refractivity contribution in [2.24, 2.45) is 0 Å². The van der Waals surface area contributed by atoms with Crippen LogP contribution in [0.15, 0.2) is 30.9 Å². The van der Waals surface area contributed by atoms with Crippen LogP contribution in [0.25, 0.3) is 5.69 Å². The van der Waals surface area contributed by atoms with E-state index in [1.165, 1.54) is 6.20 Å². The van der Waals surface area contributed by atoms with E-state index in [0.29, 0.717) is 11.4 Å². The molecule has 17 heavy (non-hydrogen) atoms. The number of hydrogen-bond donors (Lipinski definition) is 1. The van der Waals surface area contributed by atoms with E-state index in [1.807, 2.05) is 13.1 Å². The fourth-order valence-electron chi connectivity index (χ4n) is 1.41. The molecule has 2 rings (SSSR count). The zero-order valence-electron chi connectivity index (χ0n) is 9.45. The van der Waals surface area contributed by atoms with Crippen molar-refractivity contribution in [1.82, 2.24) is 14.8 Å². The maximum absolute atomic E-state index is 11.2. The Morgan fingerprint density at radius 3 is 2.71 bits per heavy atom. The molecule has 0 aliphatic carbocycles. The Hall–Kier alpha value is -1.89. The van der Waals surface area contributed by atoms with Gasteiger partial charge in [0.25, 0.3) is 0 Å². The monoisotopic (exact) mass is 252 g/mol. The second kappa shape index (κ2) is 4.17. The van der Waals surface area contributed by atoms with Crippen LogP contribution >= 0.6 is 0 Å². The topological polar surface area (TPSA) is 76.9 Å². The zero-order valence-corrected chi connectivity index (χ0v) is 10.3. The number of hydrogen-bond acceptors (Lipinski definition) is 4. The van der Waals surface area contributed by atoms with Crippen LogP contribution in [0.1, 0.15) is 5.56 Å². The van der Waals surface area contributed by atoms with Gasteiger partial charge in [0.2, 0.25) is 10.0 Å². The number of anilines is 1. The molecule has 0 bridgehead atoms. The Morgan fingerprint density at radius 2 is 2.12 bits per heavy atom. The minimum Gasteiger partial charge on any atom is -0.280 e. The van der Waals surface area contributed by atoms with Crippen molar-refractivity contribution >= 4 is 15.7 Å². The van der Waals surface area contributed by atoms with Gasteiger partial charge in [-0.1, -0.05) is 0 Å². The Morgan fingerprint density at radius 1 is 1.35 bits per heavy atom. The van der Waals surface area contributed by atoms with Crippen LogP contribution in [0.3, 0.4) is 0 Å². The lowest BCUT2D eigenvalue weighted by Gasteiger charge is -2.09. The second-order valence-electron chi connectivity index (χ2n) is 3.73. The maximum atomic E-state index is 11.2. The molecule has 0 saturated carbocycles. The zero-order chi connectivity index (χ0) is 12.5. The van der Waals surface area contributed by atoms with Gasteiger partial charge in [0, 0.05) is 12.4 Å². The Balaban J connectivity index is 2.48. The van der Waals surface area contributed by atoms with Gasteiger partial charge < -0.3 is 0 Å². The van der Waals surface area contributed by atoms with Gasteiger partial charge in [-0.3, -0.25) is 9.71 Å². The van der Waals surface area contributed by atoms with Crippen LogP contribution in [0, 0.1) is 6.92 Å². The molecule has 2 aromatic rings. The predicted molar refractivity (Wildman–Crippen MR) is 64.6 cm³/mol. The molecule has 2 aromatic heterocycles. The predicted octanol–water partition coefficient (Wildman–Crippen LogP) is 0.947. The first-order valence-electron chi connectivity index (χ1n) is 4.89. The van der Waals surface area contributed by atoms with E-state index in [1.54, 1.807) is 23.1 Å². The van der Waals surface area contributed by atoms with Crippen molar-refractivity contribution < 1.29 is 8.42 Å². The summed E-state index contributed by atoms with van der Waals surface area (Å²) < 4.78 is 26.4. The average molecular weight is 252 g/mol. The number of aryl methyl sites for hydroxylation is 1. The highest BCUT2D eigenvalue weighted by atomic mass is 32.2. The minimum atomic E-state index is -3.33. The van der Waals surface area contributed by atoms with Crippen molar-refractivity contribution in [3.8, 4) is 5.69 Å². The molecule has 0 aliphatic rings. The molecule has 2 heterocycles.